The van der Waals surface area contributed by atoms with Crippen molar-refractivity contribution in [2.45, 2.75) is 40.3 Å². The van der Waals surface area contributed by atoms with Crippen molar-refractivity contribution in [1.29, 1.82) is 0 Å². The van der Waals surface area contributed by atoms with Crippen LogP contribution in [0, 0.1) is 13.8 Å². The number of furan rings is 1. The second-order valence-electron chi connectivity index (χ2n) is 5.10. The Labute approximate surface area is 121 Å². The number of hydrogen-bond donors (Lipinski definition) is 1. The van der Waals surface area contributed by atoms with Gasteiger partial charge >= 0.3 is 0 Å². The minimum absolute atomic E-state index is 0.470. The Morgan fingerprint density at radius 2 is 1.90 bits per heavy atom. The number of benzene rings is 1. The van der Waals surface area contributed by atoms with Gasteiger partial charge in [-0.2, -0.15) is 0 Å². The van der Waals surface area contributed by atoms with Crippen molar-refractivity contribution in [3.05, 3.63) is 53.0 Å². The third kappa shape index (κ3) is 4.14. The second kappa shape index (κ2) is 7.15. The van der Waals surface area contributed by atoms with Crippen LogP contribution >= 0.6 is 0 Å². The Balaban J connectivity index is 1.89. The largest absolute Gasteiger partial charge is 0.485 e. The molecule has 0 fully saturated rings. The van der Waals surface area contributed by atoms with Crippen LogP contribution in [0.1, 0.15) is 36.0 Å². The quantitative estimate of drug-likeness (QED) is 0.775. The zero-order valence-corrected chi connectivity index (χ0v) is 12.5. The van der Waals surface area contributed by atoms with E-state index in [1.165, 1.54) is 5.56 Å². The van der Waals surface area contributed by atoms with Crippen molar-refractivity contribution in [3.63, 3.8) is 0 Å². The highest BCUT2D eigenvalue weighted by molar-refractivity contribution is 5.36. The first kappa shape index (κ1) is 14.7. The summed E-state index contributed by atoms with van der Waals surface area (Å²) in [5, 5.41) is 3.32. The lowest BCUT2D eigenvalue weighted by Gasteiger charge is -2.08. The van der Waals surface area contributed by atoms with Gasteiger partial charge < -0.3 is 14.5 Å². The van der Waals surface area contributed by atoms with Crippen molar-refractivity contribution in [3.8, 4) is 5.75 Å². The molecule has 0 amide bonds. The first-order valence-electron chi connectivity index (χ1n) is 7.17. The van der Waals surface area contributed by atoms with Gasteiger partial charge in [0, 0.05) is 0 Å². The monoisotopic (exact) mass is 273 g/mol. The van der Waals surface area contributed by atoms with Gasteiger partial charge in [-0.25, -0.2) is 0 Å². The van der Waals surface area contributed by atoms with Crippen molar-refractivity contribution >= 4 is 0 Å². The molecule has 0 saturated carbocycles. The summed E-state index contributed by atoms with van der Waals surface area (Å²) in [5.41, 5.74) is 2.35. The second-order valence-corrected chi connectivity index (χ2v) is 5.10. The average molecular weight is 273 g/mol. The Morgan fingerprint density at radius 1 is 1.10 bits per heavy atom. The molecule has 3 nitrogen and oxygen atoms in total. The van der Waals surface area contributed by atoms with Crippen LogP contribution in [-0.2, 0) is 13.2 Å². The Bertz CT molecular complexity index is 546. The van der Waals surface area contributed by atoms with Gasteiger partial charge in [-0.05, 0) is 56.1 Å². The molecule has 0 aliphatic rings. The summed E-state index contributed by atoms with van der Waals surface area (Å²) >= 11 is 0. The Hall–Kier alpha value is -1.74. The van der Waals surface area contributed by atoms with Crippen molar-refractivity contribution in [1.82, 2.24) is 5.32 Å². The molecular weight excluding hydrogens is 250 g/mol. The molecule has 20 heavy (non-hydrogen) atoms. The van der Waals surface area contributed by atoms with Gasteiger partial charge in [-0.1, -0.05) is 19.1 Å². The van der Waals surface area contributed by atoms with Gasteiger partial charge in [0.05, 0.1) is 6.54 Å². The molecule has 1 heterocycles. The summed E-state index contributed by atoms with van der Waals surface area (Å²) in [4.78, 5) is 0. The van der Waals surface area contributed by atoms with Crippen molar-refractivity contribution < 1.29 is 9.15 Å². The molecule has 0 spiro atoms. The summed E-state index contributed by atoms with van der Waals surface area (Å²) in [6.07, 6.45) is 1.13. The van der Waals surface area contributed by atoms with E-state index in [9.17, 15) is 0 Å². The first-order valence-corrected chi connectivity index (χ1v) is 7.17. The van der Waals surface area contributed by atoms with Crippen LogP contribution in [0.5, 0.6) is 5.75 Å². The molecule has 0 aliphatic heterocycles. The Kier molecular flexibility index (Phi) is 5.24. The van der Waals surface area contributed by atoms with Crippen molar-refractivity contribution in [2.75, 3.05) is 6.54 Å². The molecule has 0 aliphatic carbocycles. The van der Waals surface area contributed by atoms with E-state index in [0.717, 1.165) is 42.3 Å². The molecule has 1 aromatic heterocycles. The third-order valence-corrected chi connectivity index (χ3v) is 3.16. The Morgan fingerprint density at radius 3 is 2.70 bits per heavy atom. The van der Waals surface area contributed by atoms with E-state index in [1.807, 2.05) is 12.1 Å². The molecule has 3 heteroatoms. The fraction of sp³-hybridized carbons (Fsp3) is 0.412. The van der Waals surface area contributed by atoms with E-state index in [2.05, 4.69) is 44.3 Å². The number of rotatable bonds is 7. The highest BCUT2D eigenvalue weighted by atomic mass is 16.5. The molecule has 0 radical (unpaired) electrons. The molecule has 2 aromatic rings. The minimum atomic E-state index is 0.470. The fourth-order valence-corrected chi connectivity index (χ4v) is 1.99. The lowest BCUT2D eigenvalue weighted by atomic mass is 10.1. The zero-order valence-electron chi connectivity index (χ0n) is 12.5. The smallest absolute Gasteiger partial charge is 0.146 e. The van der Waals surface area contributed by atoms with Gasteiger partial charge in [0.2, 0.25) is 0 Å². The average Bonchev–Trinajstić information content (AvgIpc) is 2.88. The molecular formula is C17H23NO2. The van der Waals surface area contributed by atoms with Gasteiger partial charge in [0.15, 0.2) is 0 Å². The molecule has 108 valence electrons. The summed E-state index contributed by atoms with van der Waals surface area (Å²) in [6, 6.07) is 10.2. The first-order chi connectivity index (χ1) is 9.69. The van der Waals surface area contributed by atoms with Crippen LogP contribution in [0.3, 0.4) is 0 Å². The van der Waals surface area contributed by atoms with E-state index >= 15 is 0 Å². The van der Waals surface area contributed by atoms with Gasteiger partial charge in [0.25, 0.3) is 0 Å². The molecule has 1 N–H and O–H groups in total. The molecule has 0 unspecified atom stereocenters. The third-order valence-electron chi connectivity index (χ3n) is 3.16. The highest BCUT2D eigenvalue weighted by Crippen LogP contribution is 2.20. The summed E-state index contributed by atoms with van der Waals surface area (Å²) in [7, 11) is 0. The number of hydrogen-bond acceptors (Lipinski definition) is 3. The van der Waals surface area contributed by atoms with Crippen molar-refractivity contribution in [2.24, 2.45) is 0 Å². The molecule has 0 saturated heterocycles. The maximum atomic E-state index is 5.83. The minimum Gasteiger partial charge on any atom is -0.485 e. The predicted molar refractivity (Wildman–Crippen MR) is 81.0 cm³/mol. The maximum Gasteiger partial charge on any atom is 0.146 e. The van der Waals surface area contributed by atoms with Crippen LogP contribution in [0.15, 0.2) is 34.7 Å². The number of ether oxygens (including phenoxy) is 1. The molecule has 0 bridgehead atoms. The standard InChI is InChI=1S/C17H23NO2/c1-4-9-18-11-15-7-8-16(20-15)12-19-17-10-13(2)5-6-14(17)3/h5-8,10,18H,4,9,11-12H2,1-3H3. The van der Waals surface area contributed by atoms with Crippen LogP contribution in [0.2, 0.25) is 0 Å². The van der Waals surface area contributed by atoms with Gasteiger partial charge in [-0.3, -0.25) is 0 Å². The molecule has 2 rings (SSSR count). The van der Waals surface area contributed by atoms with E-state index in [0.29, 0.717) is 6.61 Å². The highest BCUT2D eigenvalue weighted by Gasteiger charge is 2.05. The summed E-state index contributed by atoms with van der Waals surface area (Å²) in [5.74, 6) is 2.74. The lowest BCUT2D eigenvalue weighted by molar-refractivity contribution is 0.263. The van der Waals surface area contributed by atoms with Crippen LogP contribution in [0.4, 0.5) is 0 Å². The van der Waals surface area contributed by atoms with Crippen LogP contribution in [-0.4, -0.2) is 6.54 Å². The lowest BCUT2D eigenvalue weighted by Crippen LogP contribution is -2.13. The van der Waals surface area contributed by atoms with E-state index in [-0.39, 0.29) is 0 Å². The number of nitrogens with one attached hydrogen (secondary N) is 1. The van der Waals surface area contributed by atoms with E-state index in [1.54, 1.807) is 0 Å². The topological polar surface area (TPSA) is 34.4 Å². The normalized spacial score (nSPS) is 10.8. The maximum absolute atomic E-state index is 5.83. The SMILES string of the molecule is CCCNCc1ccc(COc2cc(C)ccc2C)o1. The van der Waals surface area contributed by atoms with Crippen LogP contribution < -0.4 is 10.1 Å². The van der Waals surface area contributed by atoms with Crippen LogP contribution in [0.25, 0.3) is 0 Å². The summed E-state index contributed by atoms with van der Waals surface area (Å²) < 4.78 is 11.6. The van der Waals surface area contributed by atoms with Gasteiger partial charge in [0.1, 0.15) is 23.9 Å². The zero-order chi connectivity index (χ0) is 14.4. The van der Waals surface area contributed by atoms with Gasteiger partial charge in [-0.15, -0.1) is 0 Å². The summed E-state index contributed by atoms with van der Waals surface area (Å²) in [6.45, 7) is 8.52. The molecule has 1 aromatic carbocycles. The number of aryl methyl sites for hydroxylation is 2. The van der Waals surface area contributed by atoms with E-state index in [4.69, 9.17) is 9.15 Å². The van der Waals surface area contributed by atoms with E-state index < -0.39 is 0 Å². The fourth-order valence-electron chi connectivity index (χ4n) is 1.99. The predicted octanol–water partition coefficient (Wildman–Crippen LogP) is 3.98. The molecule has 0 atom stereocenters.